The number of morpholine rings is 1. The summed E-state index contributed by atoms with van der Waals surface area (Å²) in [5, 5.41) is 6.62. The van der Waals surface area contributed by atoms with Crippen molar-refractivity contribution in [3.8, 4) is 0 Å². The SMILES string of the molecule is Cc1ccc(CN2CCOCC2)cc1NC(=O)C1CC12CCNCC2.Cl.Cl. The molecule has 1 aromatic rings. The standard InChI is InChI=1S/C20H29N3O2.2ClH/c1-15-2-3-16(14-23-8-10-25-11-9-23)12-18(15)22-19(24)17-13-20(17)4-6-21-7-5-20;;/h2-3,12,17,21H,4-11,13-14H2,1H3,(H,22,24);2*1H. The molecular formula is C20H31Cl2N3O2. The molecule has 1 atom stereocenters. The summed E-state index contributed by atoms with van der Waals surface area (Å²) < 4.78 is 5.42. The van der Waals surface area contributed by atoms with Crippen molar-refractivity contribution in [2.45, 2.75) is 32.7 Å². The molecule has 2 aliphatic heterocycles. The van der Waals surface area contributed by atoms with Gasteiger partial charge in [0, 0.05) is 31.2 Å². The number of carbonyl (C=O) groups excluding carboxylic acids is 1. The van der Waals surface area contributed by atoms with Gasteiger partial charge < -0.3 is 15.4 Å². The van der Waals surface area contributed by atoms with Crippen molar-refractivity contribution in [2.75, 3.05) is 44.7 Å². The molecule has 7 heteroatoms. The molecule has 0 bridgehead atoms. The van der Waals surface area contributed by atoms with Crippen molar-refractivity contribution in [2.24, 2.45) is 11.3 Å². The van der Waals surface area contributed by atoms with Crippen LogP contribution in [0.2, 0.25) is 0 Å². The summed E-state index contributed by atoms with van der Waals surface area (Å²) in [5.41, 5.74) is 3.66. The van der Waals surface area contributed by atoms with Crippen LogP contribution in [0.15, 0.2) is 18.2 Å². The predicted molar refractivity (Wildman–Crippen MR) is 113 cm³/mol. The van der Waals surface area contributed by atoms with E-state index in [0.29, 0.717) is 0 Å². The molecule has 5 nitrogen and oxygen atoms in total. The zero-order valence-corrected chi connectivity index (χ0v) is 17.6. The van der Waals surface area contributed by atoms with Gasteiger partial charge in [0.25, 0.3) is 0 Å². The van der Waals surface area contributed by atoms with Gasteiger partial charge in [-0.2, -0.15) is 0 Å². The van der Waals surface area contributed by atoms with E-state index >= 15 is 0 Å². The molecule has 2 heterocycles. The Hall–Kier alpha value is -0.850. The van der Waals surface area contributed by atoms with Gasteiger partial charge in [-0.05, 0) is 61.9 Å². The van der Waals surface area contributed by atoms with Crippen molar-refractivity contribution in [1.29, 1.82) is 0 Å². The van der Waals surface area contributed by atoms with E-state index in [0.717, 1.165) is 76.5 Å². The molecule has 1 spiro atoms. The first-order chi connectivity index (χ1) is 12.2. The summed E-state index contributed by atoms with van der Waals surface area (Å²) in [7, 11) is 0. The molecule has 152 valence electrons. The van der Waals surface area contributed by atoms with Crippen molar-refractivity contribution in [1.82, 2.24) is 10.2 Å². The van der Waals surface area contributed by atoms with Crippen LogP contribution in [0, 0.1) is 18.3 Å². The number of nitrogens with zero attached hydrogens (tertiary/aromatic N) is 1. The molecule has 2 N–H and O–H groups in total. The van der Waals surface area contributed by atoms with Gasteiger partial charge in [0.15, 0.2) is 0 Å². The highest BCUT2D eigenvalue weighted by Crippen LogP contribution is 2.58. The maximum atomic E-state index is 12.7. The minimum Gasteiger partial charge on any atom is -0.379 e. The third kappa shape index (κ3) is 5.15. The lowest BCUT2D eigenvalue weighted by Gasteiger charge is -2.27. The largest absolute Gasteiger partial charge is 0.379 e. The Morgan fingerprint density at radius 3 is 2.67 bits per heavy atom. The third-order valence-corrected chi connectivity index (χ3v) is 6.18. The smallest absolute Gasteiger partial charge is 0.228 e. The lowest BCUT2D eigenvalue weighted by Crippen LogP contribution is -2.35. The Morgan fingerprint density at radius 2 is 1.96 bits per heavy atom. The predicted octanol–water partition coefficient (Wildman–Crippen LogP) is 3.00. The molecule has 0 aromatic heterocycles. The van der Waals surface area contributed by atoms with E-state index in [1.807, 2.05) is 0 Å². The number of hydrogen-bond donors (Lipinski definition) is 2. The number of hydrogen-bond acceptors (Lipinski definition) is 4. The van der Waals surface area contributed by atoms with E-state index in [9.17, 15) is 4.79 Å². The number of carbonyl (C=O) groups is 1. The van der Waals surface area contributed by atoms with Crippen LogP contribution in [0.3, 0.4) is 0 Å². The first kappa shape index (κ1) is 22.4. The van der Waals surface area contributed by atoms with Gasteiger partial charge in [0.2, 0.25) is 5.91 Å². The van der Waals surface area contributed by atoms with Crippen LogP contribution in [0.5, 0.6) is 0 Å². The number of nitrogens with one attached hydrogen (secondary N) is 2. The average Bonchev–Trinajstić information content (AvgIpc) is 3.32. The Kier molecular flexibility index (Phi) is 7.95. The monoisotopic (exact) mass is 415 g/mol. The number of rotatable bonds is 4. The van der Waals surface area contributed by atoms with Gasteiger partial charge in [0.05, 0.1) is 13.2 Å². The molecule has 0 radical (unpaired) electrons. The lowest BCUT2D eigenvalue weighted by atomic mass is 9.91. The van der Waals surface area contributed by atoms with Gasteiger partial charge in [0.1, 0.15) is 0 Å². The summed E-state index contributed by atoms with van der Waals surface area (Å²) in [6.45, 7) is 8.69. The molecule has 3 aliphatic rings. The Morgan fingerprint density at radius 1 is 1.26 bits per heavy atom. The molecule has 3 fully saturated rings. The number of aryl methyl sites for hydroxylation is 1. The first-order valence-electron chi connectivity index (χ1n) is 9.58. The van der Waals surface area contributed by atoms with Crippen LogP contribution in [-0.4, -0.2) is 50.2 Å². The zero-order chi connectivity index (χ0) is 17.3. The summed E-state index contributed by atoms with van der Waals surface area (Å²) in [4.78, 5) is 15.2. The highest BCUT2D eigenvalue weighted by molar-refractivity contribution is 5.95. The summed E-state index contributed by atoms with van der Waals surface area (Å²) in [6.07, 6.45) is 3.34. The quantitative estimate of drug-likeness (QED) is 0.793. The fraction of sp³-hybridized carbons (Fsp3) is 0.650. The van der Waals surface area contributed by atoms with Gasteiger partial charge in [-0.3, -0.25) is 9.69 Å². The highest BCUT2D eigenvalue weighted by atomic mass is 35.5. The third-order valence-electron chi connectivity index (χ3n) is 6.18. The van der Waals surface area contributed by atoms with E-state index in [1.165, 1.54) is 5.56 Å². The molecule has 27 heavy (non-hydrogen) atoms. The lowest BCUT2D eigenvalue weighted by molar-refractivity contribution is -0.118. The molecule has 4 rings (SSSR count). The van der Waals surface area contributed by atoms with Crippen LogP contribution < -0.4 is 10.6 Å². The van der Waals surface area contributed by atoms with Gasteiger partial charge in [-0.1, -0.05) is 12.1 Å². The number of anilines is 1. The van der Waals surface area contributed by atoms with Crippen LogP contribution >= 0.6 is 24.8 Å². The van der Waals surface area contributed by atoms with E-state index in [1.54, 1.807) is 0 Å². The van der Waals surface area contributed by atoms with Crippen molar-refractivity contribution >= 4 is 36.4 Å². The maximum absolute atomic E-state index is 12.7. The molecule has 1 saturated carbocycles. The van der Waals surface area contributed by atoms with Crippen LogP contribution in [-0.2, 0) is 16.1 Å². The fourth-order valence-corrected chi connectivity index (χ4v) is 4.34. The maximum Gasteiger partial charge on any atom is 0.228 e. The normalized spacial score (nSPS) is 23.8. The molecular weight excluding hydrogens is 385 g/mol. The molecule has 1 aliphatic carbocycles. The summed E-state index contributed by atoms with van der Waals surface area (Å²) >= 11 is 0. The highest BCUT2D eigenvalue weighted by Gasteiger charge is 2.57. The van der Waals surface area contributed by atoms with Crippen molar-refractivity contribution < 1.29 is 9.53 Å². The van der Waals surface area contributed by atoms with Crippen molar-refractivity contribution in [3.63, 3.8) is 0 Å². The van der Waals surface area contributed by atoms with E-state index in [-0.39, 0.29) is 42.1 Å². The van der Waals surface area contributed by atoms with Crippen LogP contribution in [0.25, 0.3) is 0 Å². The molecule has 2 saturated heterocycles. The van der Waals surface area contributed by atoms with Gasteiger partial charge in [-0.15, -0.1) is 24.8 Å². The van der Waals surface area contributed by atoms with Gasteiger partial charge in [-0.25, -0.2) is 0 Å². The minimum atomic E-state index is 0. The van der Waals surface area contributed by atoms with Gasteiger partial charge >= 0.3 is 0 Å². The second-order valence-corrected chi connectivity index (χ2v) is 7.90. The first-order valence-corrected chi connectivity index (χ1v) is 9.58. The molecule has 1 amide bonds. The number of halogens is 2. The van der Waals surface area contributed by atoms with Crippen LogP contribution in [0.4, 0.5) is 5.69 Å². The Labute approximate surface area is 174 Å². The number of piperidine rings is 1. The zero-order valence-electron chi connectivity index (χ0n) is 16.0. The number of ether oxygens (including phenoxy) is 1. The molecule has 1 unspecified atom stereocenters. The second kappa shape index (κ2) is 9.57. The number of amides is 1. The van der Waals surface area contributed by atoms with Crippen molar-refractivity contribution in [3.05, 3.63) is 29.3 Å². The molecule has 1 aromatic carbocycles. The van der Waals surface area contributed by atoms with E-state index in [4.69, 9.17) is 4.74 Å². The second-order valence-electron chi connectivity index (χ2n) is 7.90. The fourth-order valence-electron chi connectivity index (χ4n) is 4.34. The topological polar surface area (TPSA) is 53.6 Å². The van der Waals surface area contributed by atoms with E-state index in [2.05, 4.69) is 40.7 Å². The van der Waals surface area contributed by atoms with E-state index < -0.39 is 0 Å². The number of benzene rings is 1. The van der Waals surface area contributed by atoms with Crippen LogP contribution in [0.1, 0.15) is 30.4 Å². The Balaban J connectivity index is 0.00000131. The Bertz CT molecular complexity index is 644. The summed E-state index contributed by atoms with van der Waals surface area (Å²) in [5.74, 6) is 0.422. The minimum absolute atomic E-state index is 0. The summed E-state index contributed by atoms with van der Waals surface area (Å²) in [6, 6.07) is 6.45. The average molecular weight is 416 g/mol.